The first-order chi connectivity index (χ1) is 8.16. The molecule has 0 aliphatic carbocycles. The minimum atomic E-state index is -0.591. The van der Waals surface area contributed by atoms with E-state index in [4.69, 9.17) is 16.3 Å². The fourth-order valence-corrected chi connectivity index (χ4v) is 2.32. The second kappa shape index (κ2) is 5.54. The van der Waals surface area contributed by atoms with Crippen molar-refractivity contribution in [3.05, 3.63) is 51.2 Å². The summed E-state index contributed by atoms with van der Waals surface area (Å²) < 4.78 is 5.69. The molecule has 1 aromatic carbocycles. The number of hydrogen-bond donors (Lipinski definition) is 1. The first kappa shape index (κ1) is 12.4. The summed E-state index contributed by atoms with van der Waals surface area (Å²) in [4.78, 5) is 1.15. The van der Waals surface area contributed by atoms with Crippen LogP contribution in [0.4, 0.5) is 0 Å². The van der Waals surface area contributed by atoms with Gasteiger partial charge in [0.25, 0.3) is 0 Å². The van der Waals surface area contributed by atoms with Crippen LogP contribution in [0.5, 0.6) is 5.75 Å². The van der Waals surface area contributed by atoms with Gasteiger partial charge >= 0.3 is 0 Å². The van der Waals surface area contributed by atoms with Crippen LogP contribution in [0.1, 0.15) is 23.5 Å². The lowest BCUT2D eigenvalue weighted by Gasteiger charge is -2.13. The van der Waals surface area contributed by atoms with Crippen LogP contribution < -0.4 is 4.74 Å². The first-order valence-electron chi connectivity index (χ1n) is 5.29. The first-order valence-corrected chi connectivity index (χ1v) is 6.55. The molecule has 0 radical (unpaired) electrons. The fraction of sp³-hybridized carbons (Fsp3) is 0.231. The van der Waals surface area contributed by atoms with E-state index in [1.165, 1.54) is 0 Å². The number of aliphatic hydroxyl groups excluding tert-OH is 1. The third-order valence-electron chi connectivity index (χ3n) is 2.37. The van der Waals surface area contributed by atoms with Crippen molar-refractivity contribution >= 4 is 22.9 Å². The molecule has 1 N–H and O–H groups in total. The van der Waals surface area contributed by atoms with Crippen LogP contribution >= 0.6 is 22.9 Å². The van der Waals surface area contributed by atoms with E-state index in [9.17, 15) is 5.11 Å². The molecule has 1 heterocycles. The van der Waals surface area contributed by atoms with Gasteiger partial charge < -0.3 is 9.84 Å². The normalized spacial score (nSPS) is 12.4. The van der Waals surface area contributed by atoms with Gasteiger partial charge in [0.15, 0.2) is 0 Å². The van der Waals surface area contributed by atoms with Gasteiger partial charge in [0, 0.05) is 15.5 Å². The van der Waals surface area contributed by atoms with Gasteiger partial charge in [-0.15, -0.1) is 11.3 Å². The molecule has 2 aromatic rings. The van der Waals surface area contributed by atoms with E-state index >= 15 is 0 Å². The Kier molecular flexibility index (Phi) is 4.05. The molecule has 0 bridgehead atoms. The molecule has 0 unspecified atom stereocenters. The second-order valence-electron chi connectivity index (χ2n) is 3.73. The van der Waals surface area contributed by atoms with Gasteiger partial charge in [-0.2, -0.15) is 0 Å². The highest BCUT2D eigenvalue weighted by Crippen LogP contribution is 2.29. The SMILES string of the molecule is C[C@H](O)c1cc(Cl)ccc1OCc1cccs1. The summed E-state index contributed by atoms with van der Waals surface area (Å²) in [6.07, 6.45) is -0.591. The van der Waals surface area contributed by atoms with E-state index in [0.717, 1.165) is 4.88 Å². The molecule has 0 saturated heterocycles. The van der Waals surface area contributed by atoms with Crippen LogP contribution in [-0.2, 0) is 6.61 Å². The number of ether oxygens (including phenoxy) is 1. The topological polar surface area (TPSA) is 29.5 Å². The van der Waals surface area contributed by atoms with Gasteiger partial charge in [-0.05, 0) is 36.6 Å². The lowest BCUT2D eigenvalue weighted by Crippen LogP contribution is -1.99. The highest BCUT2D eigenvalue weighted by atomic mass is 35.5. The number of benzene rings is 1. The maximum absolute atomic E-state index is 9.65. The van der Waals surface area contributed by atoms with Crippen molar-refractivity contribution in [2.75, 3.05) is 0 Å². The maximum Gasteiger partial charge on any atom is 0.125 e. The summed E-state index contributed by atoms with van der Waals surface area (Å²) in [5, 5.41) is 12.3. The Bertz CT molecular complexity index is 480. The molecular formula is C13H13ClO2S. The van der Waals surface area contributed by atoms with Gasteiger partial charge in [0.1, 0.15) is 12.4 Å². The predicted octanol–water partition coefficient (Wildman–Crippen LogP) is 4.03. The Balaban J connectivity index is 2.14. The van der Waals surface area contributed by atoms with Gasteiger partial charge in [-0.3, -0.25) is 0 Å². The summed E-state index contributed by atoms with van der Waals surface area (Å²) in [6.45, 7) is 2.21. The van der Waals surface area contributed by atoms with E-state index < -0.39 is 6.10 Å². The summed E-state index contributed by atoms with van der Waals surface area (Å²) >= 11 is 7.54. The lowest BCUT2D eigenvalue weighted by atomic mass is 10.1. The predicted molar refractivity (Wildman–Crippen MR) is 70.7 cm³/mol. The molecular weight excluding hydrogens is 256 g/mol. The van der Waals surface area contributed by atoms with Crippen molar-refractivity contribution in [2.45, 2.75) is 19.6 Å². The molecule has 0 spiro atoms. The minimum absolute atomic E-state index is 0.513. The van der Waals surface area contributed by atoms with Crippen molar-refractivity contribution in [3.63, 3.8) is 0 Å². The molecule has 4 heteroatoms. The number of hydrogen-bond acceptors (Lipinski definition) is 3. The zero-order valence-corrected chi connectivity index (χ0v) is 11.0. The highest BCUT2D eigenvalue weighted by Gasteiger charge is 2.10. The van der Waals surface area contributed by atoms with Gasteiger partial charge in [-0.25, -0.2) is 0 Å². The van der Waals surface area contributed by atoms with E-state index in [1.807, 2.05) is 17.5 Å². The van der Waals surface area contributed by atoms with Crippen LogP contribution in [-0.4, -0.2) is 5.11 Å². The smallest absolute Gasteiger partial charge is 0.125 e. The standard InChI is InChI=1S/C13H13ClO2S/c1-9(15)12-7-10(14)4-5-13(12)16-8-11-3-2-6-17-11/h2-7,9,15H,8H2,1H3/t9-/m0/s1. The Morgan fingerprint density at radius 3 is 2.88 bits per heavy atom. The van der Waals surface area contributed by atoms with Crippen molar-refractivity contribution in [1.29, 1.82) is 0 Å². The van der Waals surface area contributed by atoms with Crippen LogP contribution in [0.2, 0.25) is 5.02 Å². The Morgan fingerprint density at radius 1 is 1.41 bits per heavy atom. The van der Waals surface area contributed by atoms with Gasteiger partial charge in [-0.1, -0.05) is 17.7 Å². The summed E-state index contributed by atoms with van der Waals surface area (Å²) in [5.41, 5.74) is 0.717. The quantitative estimate of drug-likeness (QED) is 0.907. The molecule has 2 rings (SSSR count). The van der Waals surface area contributed by atoms with E-state index in [0.29, 0.717) is 22.9 Å². The molecule has 0 saturated carbocycles. The fourth-order valence-electron chi connectivity index (χ4n) is 1.52. The average Bonchev–Trinajstić information content (AvgIpc) is 2.80. The largest absolute Gasteiger partial charge is 0.488 e. The number of rotatable bonds is 4. The van der Waals surface area contributed by atoms with Crippen LogP contribution in [0.15, 0.2) is 35.7 Å². The maximum atomic E-state index is 9.65. The molecule has 0 amide bonds. The molecule has 17 heavy (non-hydrogen) atoms. The molecule has 2 nitrogen and oxygen atoms in total. The average molecular weight is 269 g/mol. The van der Waals surface area contributed by atoms with Crippen molar-refractivity contribution in [3.8, 4) is 5.75 Å². The molecule has 90 valence electrons. The van der Waals surface area contributed by atoms with Gasteiger partial charge in [0.2, 0.25) is 0 Å². The summed E-state index contributed by atoms with van der Waals surface area (Å²) in [6, 6.07) is 9.29. The zero-order chi connectivity index (χ0) is 12.3. The number of aliphatic hydroxyl groups is 1. The molecule has 0 fully saturated rings. The number of thiophene rings is 1. The molecule has 0 aliphatic heterocycles. The van der Waals surface area contributed by atoms with Crippen molar-refractivity contribution in [1.82, 2.24) is 0 Å². The van der Waals surface area contributed by atoms with Gasteiger partial charge in [0.05, 0.1) is 6.10 Å². The van der Waals surface area contributed by atoms with E-state index in [1.54, 1.807) is 36.5 Å². The monoisotopic (exact) mass is 268 g/mol. The summed E-state index contributed by atoms with van der Waals surface area (Å²) in [7, 11) is 0. The van der Waals surface area contributed by atoms with Crippen LogP contribution in [0, 0.1) is 0 Å². The third-order valence-corrected chi connectivity index (χ3v) is 3.46. The number of halogens is 1. The van der Waals surface area contributed by atoms with Crippen molar-refractivity contribution in [2.24, 2.45) is 0 Å². The van der Waals surface area contributed by atoms with E-state index in [2.05, 4.69) is 0 Å². The molecule has 1 aromatic heterocycles. The summed E-state index contributed by atoms with van der Waals surface area (Å²) in [5.74, 6) is 0.679. The van der Waals surface area contributed by atoms with Crippen molar-refractivity contribution < 1.29 is 9.84 Å². The lowest BCUT2D eigenvalue weighted by molar-refractivity contribution is 0.190. The van der Waals surface area contributed by atoms with E-state index in [-0.39, 0.29) is 0 Å². The minimum Gasteiger partial charge on any atom is -0.488 e. The highest BCUT2D eigenvalue weighted by molar-refractivity contribution is 7.09. The Morgan fingerprint density at radius 2 is 2.24 bits per heavy atom. The third kappa shape index (κ3) is 3.22. The Labute approximate surface area is 109 Å². The van der Waals surface area contributed by atoms with Crippen LogP contribution in [0.25, 0.3) is 0 Å². The Hall–Kier alpha value is -1.03. The molecule has 1 atom stereocenters. The van der Waals surface area contributed by atoms with Crippen LogP contribution in [0.3, 0.4) is 0 Å². The molecule has 0 aliphatic rings. The zero-order valence-electron chi connectivity index (χ0n) is 9.39. The second-order valence-corrected chi connectivity index (χ2v) is 5.19.